The second-order valence-electron chi connectivity index (χ2n) is 7.61. The Balaban J connectivity index is 1.96. The van der Waals surface area contributed by atoms with Crippen molar-refractivity contribution >= 4 is 28.2 Å². The van der Waals surface area contributed by atoms with Crippen LogP contribution in [0.3, 0.4) is 0 Å². The number of fused-ring (bicyclic) bond motifs is 1. The van der Waals surface area contributed by atoms with Gasteiger partial charge in [-0.1, -0.05) is 6.92 Å². The largest absolute Gasteiger partial charge is 0.490 e. The average molecular weight is 476 g/mol. The van der Waals surface area contributed by atoms with Crippen LogP contribution >= 0.6 is 11.3 Å². The standard InChI is InChI=1S/C25H33NO6S/c1-5-13-32-25(28)21-17-11-9-10-12-20(17)33-24(21)26-23(27)16-14-18(29-6-2)22(31-8-4)19(15-16)30-7-3/h14-15H,5-13H2,1-4H3,(H,26,27). The molecule has 0 saturated carbocycles. The quantitative estimate of drug-likeness (QED) is 0.423. The number of nitrogens with one attached hydrogen (secondary N) is 1. The molecule has 1 amide bonds. The molecule has 8 heteroatoms. The summed E-state index contributed by atoms with van der Waals surface area (Å²) in [7, 11) is 0. The zero-order valence-corrected chi connectivity index (χ0v) is 20.7. The average Bonchev–Trinajstić information content (AvgIpc) is 3.17. The number of esters is 1. The van der Waals surface area contributed by atoms with Crippen LogP contribution in [0.1, 0.15) is 78.1 Å². The summed E-state index contributed by atoms with van der Waals surface area (Å²) in [6.45, 7) is 9.20. The smallest absolute Gasteiger partial charge is 0.341 e. The molecule has 1 aliphatic carbocycles. The summed E-state index contributed by atoms with van der Waals surface area (Å²) in [4.78, 5) is 27.3. The number of aryl methyl sites for hydroxylation is 1. The van der Waals surface area contributed by atoms with Gasteiger partial charge in [-0.05, 0) is 70.6 Å². The lowest BCUT2D eigenvalue weighted by molar-refractivity contribution is 0.0505. The van der Waals surface area contributed by atoms with Gasteiger partial charge in [-0.15, -0.1) is 11.3 Å². The SMILES string of the molecule is CCCOC(=O)c1c(NC(=O)c2cc(OCC)c(OCC)c(OCC)c2)sc2c1CCCC2. The van der Waals surface area contributed by atoms with E-state index < -0.39 is 0 Å². The van der Waals surface area contributed by atoms with Gasteiger partial charge in [0.15, 0.2) is 11.5 Å². The molecule has 33 heavy (non-hydrogen) atoms. The van der Waals surface area contributed by atoms with E-state index in [4.69, 9.17) is 18.9 Å². The van der Waals surface area contributed by atoms with Crippen LogP contribution in [0.2, 0.25) is 0 Å². The molecule has 0 radical (unpaired) electrons. The molecule has 0 saturated heterocycles. The van der Waals surface area contributed by atoms with E-state index >= 15 is 0 Å². The summed E-state index contributed by atoms with van der Waals surface area (Å²) in [5.74, 6) is 0.659. The summed E-state index contributed by atoms with van der Waals surface area (Å²) in [6.07, 6.45) is 4.59. The van der Waals surface area contributed by atoms with Gasteiger partial charge in [0.25, 0.3) is 5.91 Å². The number of ether oxygens (including phenoxy) is 4. The molecule has 7 nitrogen and oxygen atoms in total. The van der Waals surface area contributed by atoms with Crippen molar-refractivity contribution in [3.63, 3.8) is 0 Å². The highest BCUT2D eigenvalue weighted by Gasteiger charge is 2.28. The number of anilines is 1. The lowest BCUT2D eigenvalue weighted by Crippen LogP contribution is -2.16. The van der Waals surface area contributed by atoms with Gasteiger partial charge < -0.3 is 24.3 Å². The molecule has 1 aromatic carbocycles. The van der Waals surface area contributed by atoms with Crippen LogP contribution in [0.4, 0.5) is 5.00 Å². The Bertz CT molecular complexity index is 957. The molecule has 0 aliphatic heterocycles. The first-order valence-electron chi connectivity index (χ1n) is 11.7. The number of carbonyl (C=O) groups is 2. The highest BCUT2D eigenvalue weighted by molar-refractivity contribution is 7.17. The first-order chi connectivity index (χ1) is 16.0. The van der Waals surface area contributed by atoms with Gasteiger partial charge in [0, 0.05) is 10.4 Å². The van der Waals surface area contributed by atoms with Gasteiger partial charge in [0.1, 0.15) is 5.00 Å². The van der Waals surface area contributed by atoms with Crippen LogP contribution in [0, 0.1) is 0 Å². The van der Waals surface area contributed by atoms with E-state index in [-0.39, 0.29) is 11.9 Å². The third kappa shape index (κ3) is 5.79. The van der Waals surface area contributed by atoms with Crippen molar-refractivity contribution in [1.29, 1.82) is 0 Å². The molecular formula is C25H33NO6S. The molecule has 180 valence electrons. The maximum absolute atomic E-state index is 13.3. The lowest BCUT2D eigenvalue weighted by Gasteiger charge is -2.17. The van der Waals surface area contributed by atoms with E-state index in [1.54, 1.807) is 12.1 Å². The van der Waals surface area contributed by atoms with Crippen molar-refractivity contribution in [3.8, 4) is 17.2 Å². The first kappa shape index (κ1) is 24.9. The number of hydrogen-bond donors (Lipinski definition) is 1. The second kappa shape index (κ2) is 11.9. The van der Waals surface area contributed by atoms with E-state index in [2.05, 4.69) is 5.32 Å². The van der Waals surface area contributed by atoms with Gasteiger partial charge in [0.2, 0.25) is 5.75 Å². The number of benzene rings is 1. The van der Waals surface area contributed by atoms with E-state index in [0.29, 0.717) is 59.8 Å². The Morgan fingerprint density at radius 1 is 0.939 bits per heavy atom. The number of hydrogen-bond acceptors (Lipinski definition) is 7. The highest BCUT2D eigenvalue weighted by Crippen LogP contribution is 2.41. The van der Waals surface area contributed by atoms with Gasteiger partial charge in [0.05, 0.1) is 32.0 Å². The molecule has 0 bridgehead atoms. The molecule has 0 atom stereocenters. The third-order valence-corrected chi connectivity index (χ3v) is 6.42. The fourth-order valence-electron chi connectivity index (χ4n) is 3.83. The maximum Gasteiger partial charge on any atom is 0.341 e. The Labute approximate surface area is 199 Å². The Kier molecular flexibility index (Phi) is 9.00. The van der Waals surface area contributed by atoms with Crippen molar-refractivity contribution in [1.82, 2.24) is 0 Å². The van der Waals surface area contributed by atoms with Crippen molar-refractivity contribution in [2.75, 3.05) is 31.7 Å². The molecule has 0 fully saturated rings. The normalized spacial score (nSPS) is 12.6. The molecule has 0 unspecified atom stereocenters. The Morgan fingerprint density at radius 3 is 2.18 bits per heavy atom. The summed E-state index contributed by atoms with van der Waals surface area (Å²) in [5.41, 5.74) is 1.88. The molecule has 1 aliphatic rings. The lowest BCUT2D eigenvalue weighted by atomic mass is 9.95. The topological polar surface area (TPSA) is 83.1 Å². The maximum atomic E-state index is 13.3. The second-order valence-corrected chi connectivity index (χ2v) is 8.71. The summed E-state index contributed by atoms with van der Waals surface area (Å²) >= 11 is 1.47. The molecule has 1 N–H and O–H groups in total. The van der Waals surface area contributed by atoms with E-state index in [9.17, 15) is 9.59 Å². The van der Waals surface area contributed by atoms with Crippen molar-refractivity contribution in [2.45, 2.75) is 59.8 Å². The fraction of sp³-hybridized carbons (Fsp3) is 0.520. The van der Waals surface area contributed by atoms with Crippen LogP contribution in [0.25, 0.3) is 0 Å². The van der Waals surface area contributed by atoms with Crippen molar-refractivity contribution in [3.05, 3.63) is 33.7 Å². The van der Waals surface area contributed by atoms with Crippen molar-refractivity contribution < 1.29 is 28.5 Å². The van der Waals surface area contributed by atoms with Crippen LogP contribution < -0.4 is 19.5 Å². The first-order valence-corrected chi connectivity index (χ1v) is 12.5. The van der Waals surface area contributed by atoms with Crippen molar-refractivity contribution in [2.24, 2.45) is 0 Å². The zero-order valence-electron chi connectivity index (χ0n) is 19.9. The van der Waals surface area contributed by atoms with Gasteiger partial charge in [-0.25, -0.2) is 4.79 Å². The van der Waals surface area contributed by atoms with E-state index in [1.165, 1.54) is 11.3 Å². The minimum Gasteiger partial charge on any atom is -0.490 e. The number of rotatable bonds is 11. The fourth-order valence-corrected chi connectivity index (χ4v) is 5.10. The molecule has 2 aromatic rings. The van der Waals surface area contributed by atoms with Gasteiger partial charge >= 0.3 is 5.97 Å². The van der Waals surface area contributed by atoms with Crippen LogP contribution in [0.5, 0.6) is 17.2 Å². The number of amides is 1. The highest BCUT2D eigenvalue weighted by atomic mass is 32.1. The predicted molar refractivity (Wildman–Crippen MR) is 129 cm³/mol. The van der Waals surface area contributed by atoms with Gasteiger partial charge in [-0.2, -0.15) is 0 Å². The minimum absolute atomic E-state index is 0.344. The summed E-state index contributed by atoms with van der Waals surface area (Å²) in [6, 6.07) is 3.30. The van der Waals surface area contributed by atoms with Crippen LogP contribution in [-0.4, -0.2) is 38.3 Å². The van der Waals surface area contributed by atoms with E-state index in [0.717, 1.165) is 42.5 Å². The predicted octanol–water partition coefficient (Wildman–Crippen LogP) is 5.64. The number of thiophene rings is 1. The Hall–Kier alpha value is -2.74. The summed E-state index contributed by atoms with van der Waals surface area (Å²) in [5, 5.41) is 3.50. The molecule has 1 aromatic heterocycles. The Morgan fingerprint density at radius 2 is 1.58 bits per heavy atom. The van der Waals surface area contributed by atoms with Gasteiger partial charge in [-0.3, -0.25) is 4.79 Å². The molecular weight excluding hydrogens is 442 g/mol. The molecule has 3 rings (SSSR count). The zero-order chi connectivity index (χ0) is 23.8. The minimum atomic E-state index is -0.372. The third-order valence-electron chi connectivity index (χ3n) is 5.21. The molecule has 0 spiro atoms. The van der Waals surface area contributed by atoms with Crippen LogP contribution in [0.15, 0.2) is 12.1 Å². The molecule has 1 heterocycles. The number of carbonyl (C=O) groups excluding carboxylic acids is 2. The van der Waals surface area contributed by atoms with E-state index in [1.807, 2.05) is 27.7 Å². The monoisotopic (exact) mass is 475 g/mol. The van der Waals surface area contributed by atoms with Crippen LogP contribution in [-0.2, 0) is 17.6 Å². The summed E-state index contributed by atoms with van der Waals surface area (Å²) < 4.78 is 22.6.